The lowest BCUT2D eigenvalue weighted by molar-refractivity contribution is 0.793. The highest BCUT2D eigenvalue weighted by molar-refractivity contribution is 6.41. The maximum Gasteiger partial charge on any atom is 0.0722 e. The minimum atomic E-state index is 0.390. The molecule has 1 unspecified atom stereocenters. The Morgan fingerprint density at radius 1 is 1.20 bits per heavy atom. The SMILES string of the molecule is Clc1cc(Cl)c(NC2CCNC2)c(Cl)c1. The van der Waals surface area contributed by atoms with Crippen molar-refractivity contribution in [2.45, 2.75) is 12.5 Å². The second-order valence-electron chi connectivity index (χ2n) is 3.58. The Labute approximate surface area is 104 Å². The van der Waals surface area contributed by atoms with Crippen LogP contribution in [-0.4, -0.2) is 19.1 Å². The number of anilines is 1. The highest BCUT2D eigenvalue weighted by Crippen LogP contribution is 2.34. The fourth-order valence-corrected chi connectivity index (χ4v) is 2.59. The van der Waals surface area contributed by atoms with E-state index in [1.165, 1.54) is 0 Å². The van der Waals surface area contributed by atoms with E-state index in [2.05, 4.69) is 10.6 Å². The predicted molar refractivity (Wildman–Crippen MR) is 66.4 cm³/mol. The minimum absolute atomic E-state index is 0.390. The van der Waals surface area contributed by atoms with Crippen LogP contribution in [0.3, 0.4) is 0 Å². The van der Waals surface area contributed by atoms with Gasteiger partial charge in [0.1, 0.15) is 0 Å². The summed E-state index contributed by atoms with van der Waals surface area (Å²) in [6.07, 6.45) is 1.08. The van der Waals surface area contributed by atoms with Crippen LogP contribution in [-0.2, 0) is 0 Å². The average molecular weight is 266 g/mol. The molecular formula is C10H11Cl3N2. The van der Waals surface area contributed by atoms with Gasteiger partial charge in [0, 0.05) is 17.6 Å². The Hall–Kier alpha value is -0.150. The van der Waals surface area contributed by atoms with Crippen molar-refractivity contribution < 1.29 is 0 Å². The fourth-order valence-electron chi connectivity index (χ4n) is 1.66. The van der Waals surface area contributed by atoms with Crippen LogP contribution in [0.15, 0.2) is 12.1 Å². The van der Waals surface area contributed by atoms with Crippen molar-refractivity contribution >= 4 is 40.5 Å². The Morgan fingerprint density at radius 3 is 2.40 bits per heavy atom. The van der Waals surface area contributed by atoms with Crippen LogP contribution in [0.4, 0.5) is 5.69 Å². The first-order valence-corrected chi connectivity index (χ1v) is 5.92. The molecule has 15 heavy (non-hydrogen) atoms. The van der Waals surface area contributed by atoms with Gasteiger partial charge in [-0.15, -0.1) is 0 Å². The largest absolute Gasteiger partial charge is 0.379 e. The van der Waals surface area contributed by atoms with E-state index in [0.717, 1.165) is 25.2 Å². The van der Waals surface area contributed by atoms with Gasteiger partial charge in [-0.25, -0.2) is 0 Å². The molecular weight excluding hydrogens is 254 g/mol. The van der Waals surface area contributed by atoms with Crippen molar-refractivity contribution in [2.75, 3.05) is 18.4 Å². The van der Waals surface area contributed by atoms with E-state index in [1.54, 1.807) is 12.1 Å². The lowest BCUT2D eigenvalue weighted by Gasteiger charge is -2.15. The van der Waals surface area contributed by atoms with Gasteiger partial charge < -0.3 is 10.6 Å². The molecule has 2 rings (SSSR count). The minimum Gasteiger partial charge on any atom is -0.379 e. The van der Waals surface area contributed by atoms with Gasteiger partial charge in [0.25, 0.3) is 0 Å². The smallest absolute Gasteiger partial charge is 0.0722 e. The summed E-state index contributed by atoms with van der Waals surface area (Å²) in [5, 5.41) is 8.28. The van der Waals surface area contributed by atoms with Crippen LogP contribution < -0.4 is 10.6 Å². The monoisotopic (exact) mass is 264 g/mol. The number of halogens is 3. The molecule has 0 spiro atoms. The van der Waals surface area contributed by atoms with Gasteiger partial charge in [0.2, 0.25) is 0 Å². The zero-order valence-corrected chi connectivity index (χ0v) is 10.3. The number of hydrogen-bond acceptors (Lipinski definition) is 2. The summed E-state index contributed by atoms with van der Waals surface area (Å²) in [5.74, 6) is 0. The van der Waals surface area contributed by atoms with Gasteiger partial charge in [-0.2, -0.15) is 0 Å². The molecule has 1 atom stereocenters. The van der Waals surface area contributed by atoms with E-state index in [1.807, 2.05) is 0 Å². The van der Waals surface area contributed by atoms with Gasteiger partial charge in [-0.05, 0) is 25.1 Å². The van der Waals surface area contributed by atoms with Crippen LogP contribution in [0, 0.1) is 0 Å². The summed E-state index contributed by atoms with van der Waals surface area (Å²) in [6.45, 7) is 1.97. The number of benzene rings is 1. The van der Waals surface area contributed by atoms with E-state index < -0.39 is 0 Å². The normalized spacial score (nSPS) is 20.6. The van der Waals surface area contributed by atoms with E-state index in [0.29, 0.717) is 21.1 Å². The van der Waals surface area contributed by atoms with Gasteiger partial charge in [-0.3, -0.25) is 0 Å². The molecule has 5 heteroatoms. The summed E-state index contributed by atoms with van der Waals surface area (Å²) in [7, 11) is 0. The molecule has 1 aromatic carbocycles. The fraction of sp³-hybridized carbons (Fsp3) is 0.400. The third-order valence-electron chi connectivity index (χ3n) is 2.42. The van der Waals surface area contributed by atoms with Crippen molar-refractivity contribution in [2.24, 2.45) is 0 Å². The molecule has 1 heterocycles. The molecule has 1 aliphatic rings. The molecule has 82 valence electrons. The van der Waals surface area contributed by atoms with Crippen LogP contribution in [0.1, 0.15) is 6.42 Å². The Balaban J connectivity index is 2.19. The van der Waals surface area contributed by atoms with Gasteiger partial charge in [0.15, 0.2) is 0 Å². The molecule has 0 aliphatic carbocycles. The van der Waals surface area contributed by atoms with E-state index in [9.17, 15) is 0 Å². The molecule has 0 bridgehead atoms. The number of hydrogen-bond donors (Lipinski definition) is 2. The van der Waals surface area contributed by atoms with Crippen molar-refractivity contribution in [3.8, 4) is 0 Å². The van der Waals surface area contributed by atoms with Crippen molar-refractivity contribution in [1.82, 2.24) is 5.32 Å². The molecule has 0 aromatic heterocycles. The molecule has 0 amide bonds. The maximum absolute atomic E-state index is 6.06. The second kappa shape index (κ2) is 4.79. The second-order valence-corrected chi connectivity index (χ2v) is 4.83. The molecule has 1 saturated heterocycles. The van der Waals surface area contributed by atoms with Crippen molar-refractivity contribution in [1.29, 1.82) is 0 Å². The summed E-state index contributed by atoms with van der Waals surface area (Å²) in [6, 6.07) is 3.78. The summed E-state index contributed by atoms with van der Waals surface area (Å²) in [4.78, 5) is 0. The maximum atomic E-state index is 6.06. The number of nitrogens with one attached hydrogen (secondary N) is 2. The van der Waals surface area contributed by atoms with Crippen LogP contribution in [0.25, 0.3) is 0 Å². The highest BCUT2D eigenvalue weighted by atomic mass is 35.5. The summed E-state index contributed by atoms with van der Waals surface area (Å²) < 4.78 is 0. The number of rotatable bonds is 2. The van der Waals surface area contributed by atoms with Crippen LogP contribution in [0.5, 0.6) is 0 Å². The molecule has 2 nitrogen and oxygen atoms in total. The molecule has 1 aliphatic heterocycles. The van der Waals surface area contributed by atoms with Gasteiger partial charge in [-0.1, -0.05) is 34.8 Å². The molecule has 0 saturated carbocycles. The Bertz CT molecular complexity index is 339. The summed E-state index contributed by atoms with van der Waals surface area (Å²) in [5.41, 5.74) is 0.774. The van der Waals surface area contributed by atoms with Crippen LogP contribution in [0.2, 0.25) is 15.1 Å². The van der Waals surface area contributed by atoms with Gasteiger partial charge >= 0.3 is 0 Å². The lowest BCUT2D eigenvalue weighted by Crippen LogP contribution is -2.22. The first-order valence-electron chi connectivity index (χ1n) is 4.78. The van der Waals surface area contributed by atoms with Crippen LogP contribution >= 0.6 is 34.8 Å². The first-order chi connectivity index (χ1) is 7.16. The zero-order valence-electron chi connectivity index (χ0n) is 7.99. The third-order valence-corrected chi connectivity index (χ3v) is 3.23. The van der Waals surface area contributed by atoms with E-state index in [-0.39, 0.29) is 0 Å². The summed E-state index contributed by atoms with van der Waals surface area (Å²) >= 11 is 18.0. The lowest BCUT2D eigenvalue weighted by atomic mass is 10.2. The Kier molecular flexibility index (Phi) is 3.62. The predicted octanol–water partition coefficient (Wildman–Crippen LogP) is 3.42. The van der Waals surface area contributed by atoms with Crippen molar-refractivity contribution in [3.63, 3.8) is 0 Å². The quantitative estimate of drug-likeness (QED) is 0.856. The standard InChI is InChI=1S/C10H11Cl3N2/c11-6-3-8(12)10(9(13)4-6)15-7-1-2-14-5-7/h3-4,7,14-15H,1-2,5H2. The molecule has 0 radical (unpaired) electrons. The molecule has 2 N–H and O–H groups in total. The molecule has 1 aromatic rings. The van der Waals surface area contributed by atoms with E-state index >= 15 is 0 Å². The Morgan fingerprint density at radius 2 is 1.87 bits per heavy atom. The zero-order chi connectivity index (χ0) is 10.8. The average Bonchev–Trinajstić information content (AvgIpc) is 2.63. The highest BCUT2D eigenvalue weighted by Gasteiger charge is 2.17. The molecule has 1 fully saturated rings. The van der Waals surface area contributed by atoms with E-state index in [4.69, 9.17) is 34.8 Å². The third kappa shape index (κ3) is 2.70. The topological polar surface area (TPSA) is 24.1 Å². The van der Waals surface area contributed by atoms with Crippen molar-refractivity contribution in [3.05, 3.63) is 27.2 Å². The first kappa shape index (κ1) is 11.3. The van der Waals surface area contributed by atoms with Gasteiger partial charge in [0.05, 0.1) is 15.7 Å².